The van der Waals surface area contributed by atoms with Crippen LogP contribution in [0, 0.1) is 0 Å². The van der Waals surface area contributed by atoms with Gasteiger partial charge in [-0.15, -0.1) is 24.0 Å². The largest absolute Gasteiger partial charge is 0.497 e. The van der Waals surface area contributed by atoms with Crippen LogP contribution in [-0.2, 0) is 13.1 Å². The van der Waals surface area contributed by atoms with E-state index < -0.39 is 5.91 Å². The van der Waals surface area contributed by atoms with E-state index in [-0.39, 0.29) is 24.0 Å². The molecule has 0 fully saturated rings. The molecule has 27 heavy (non-hydrogen) atoms. The zero-order valence-electron chi connectivity index (χ0n) is 15.6. The van der Waals surface area contributed by atoms with Gasteiger partial charge in [-0.05, 0) is 29.8 Å². The molecule has 0 aliphatic heterocycles. The summed E-state index contributed by atoms with van der Waals surface area (Å²) >= 11 is 0. The Labute approximate surface area is 176 Å². The number of hydrogen-bond acceptors (Lipinski definition) is 4. The Balaban J connectivity index is 0.00000364. The third kappa shape index (κ3) is 6.63. The Kier molecular flexibility index (Phi) is 9.41. The second-order valence-electron chi connectivity index (χ2n) is 5.52. The van der Waals surface area contributed by atoms with Gasteiger partial charge in [0.05, 0.1) is 14.2 Å². The molecule has 0 saturated carbocycles. The van der Waals surface area contributed by atoms with Gasteiger partial charge >= 0.3 is 0 Å². The minimum atomic E-state index is -0.435. The number of ether oxygens (including phenoxy) is 2. The van der Waals surface area contributed by atoms with Gasteiger partial charge in [-0.25, -0.2) is 0 Å². The summed E-state index contributed by atoms with van der Waals surface area (Å²) in [6.45, 7) is 1.12. The number of halogens is 1. The van der Waals surface area contributed by atoms with Crippen LogP contribution in [0.1, 0.15) is 21.5 Å². The van der Waals surface area contributed by atoms with E-state index in [1.807, 2.05) is 30.3 Å². The predicted molar refractivity (Wildman–Crippen MR) is 117 cm³/mol. The molecule has 0 aromatic heterocycles. The topological polar surface area (TPSA) is 98.0 Å². The lowest BCUT2D eigenvalue weighted by atomic mass is 10.1. The summed E-state index contributed by atoms with van der Waals surface area (Å²) in [6.07, 6.45) is 0. The minimum Gasteiger partial charge on any atom is -0.497 e. The number of methoxy groups -OCH3 is 2. The van der Waals surface area contributed by atoms with Gasteiger partial charge < -0.3 is 25.8 Å². The molecule has 8 heteroatoms. The van der Waals surface area contributed by atoms with E-state index in [0.717, 1.165) is 22.6 Å². The number of nitrogens with two attached hydrogens (primary N) is 1. The van der Waals surface area contributed by atoms with Gasteiger partial charge in [-0.3, -0.25) is 9.79 Å². The van der Waals surface area contributed by atoms with Crippen molar-refractivity contribution in [2.45, 2.75) is 13.1 Å². The first kappa shape index (κ1) is 22.6. The highest BCUT2D eigenvalue weighted by Gasteiger charge is 2.06. The standard InChI is InChI=1S/C19H24N4O3.HI/c1-21-19(22-11-13-4-6-14(7-5-13)18(20)24)23-12-15-8-9-16(25-2)10-17(15)26-3;/h4-10H,11-12H2,1-3H3,(H2,20,24)(H2,21,22,23);1H. The van der Waals surface area contributed by atoms with Crippen molar-refractivity contribution in [2.24, 2.45) is 10.7 Å². The van der Waals surface area contributed by atoms with Crippen LogP contribution in [0.15, 0.2) is 47.5 Å². The van der Waals surface area contributed by atoms with E-state index in [1.165, 1.54) is 0 Å². The maximum Gasteiger partial charge on any atom is 0.248 e. The molecule has 7 nitrogen and oxygen atoms in total. The fourth-order valence-electron chi connectivity index (χ4n) is 2.37. The van der Waals surface area contributed by atoms with Gasteiger partial charge in [0.2, 0.25) is 5.91 Å². The molecule has 0 aliphatic carbocycles. The summed E-state index contributed by atoms with van der Waals surface area (Å²) in [5.74, 6) is 1.71. The molecule has 4 N–H and O–H groups in total. The molecular formula is C19H25IN4O3. The number of amides is 1. The third-order valence-electron chi connectivity index (χ3n) is 3.86. The van der Waals surface area contributed by atoms with Crippen molar-refractivity contribution in [1.82, 2.24) is 10.6 Å². The number of rotatable bonds is 7. The highest BCUT2D eigenvalue weighted by molar-refractivity contribution is 14.0. The molecule has 0 aliphatic rings. The Morgan fingerprint density at radius 3 is 2.26 bits per heavy atom. The zero-order valence-corrected chi connectivity index (χ0v) is 17.9. The van der Waals surface area contributed by atoms with E-state index in [4.69, 9.17) is 15.2 Å². The number of carbonyl (C=O) groups excluding carboxylic acids is 1. The highest BCUT2D eigenvalue weighted by atomic mass is 127. The Morgan fingerprint density at radius 1 is 1.04 bits per heavy atom. The highest BCUT2D eigenvalue weighted by Crippen LogP contribution is 2.24. The van der Waals surface area contributed by atoms with Crippen molar-refractivity contribution >= 4 is 35.8 Å². The molecule has 0 radical (unpaired) electrons. The van der Waals surface area contributed by atoms with E-state index in [2.05, 4.69) is 15.6 Å². The van der Waals surface area contributed by atoms with Crippen molar-refractivity contribution in [3.8, 4) is 11.5 Å². The van der Waals surface area contributed by atoms with Gasteiger partial charge in [0.1, 0.15) is 11.5 Å². The fraction of sp³-hybridized carbons (Fsp3) is 0.263. The average Bonchev–Trinajstić information content (AvgIpc) is 2.68. The molecule has 0 spiro atoms. The first-order chi connectivity index (χ1) is 12.6. The Morgan fingerprint density at radius 2 is 1.70 bits per heavy atom. The van der Waals surface area contributed by atoms with E-state index in [9.17, 15) is 4.79 Å². The molecule has 146 valence electrons. The summed E-state index contributed by atoms with van der Waals surface area (Å²) in [4.78, 5) is 15.3. The van der Waals surface area contributed by atoms with Crippen molar-refractivity contribution in [3.63, 3.8) is 0 Å². The minimum absolute atomic E-state index is 0. The first-order valence-electron chi connectivity index (χ1n) is 8.11. The van der Waals surface area contributed by atoms with Crippen LogP contribution in [0.3, 0.4) is 0 Å². The molecule has 1 amide bonds. The van der Waals surface area contributed by atoms with Gasteiger partial charge in [0.25, 0.3) is 0 Å². The molecule has 0 atom stereocenters. The van der Waals surface area contributed by atoms with E-state index >= 15 is 0 Å². The summed E-state index contributed by atoms with van der Waals surface area (Å²) in [5.41, 5.74) is 7.73. The average molecular weight is 484 g/mol. The van der Waals surface area contributed by atoms with Crippen LogP contribution in [-0.4, -0.2) is 33.1 Å². The molecule has 2 rings (SSSR count). The number of hydrogen-bond donors (Lipinski definition) is 3. The molecule has 0 saturated heterocycles. The zero-order chi connectivity index (χ0) is 18.9. The van der Waals surface area contributed by atoms with Crippen molar-refractivity contribution in [1.29, 1.82) is 0 Å². The lowest BCUT2D eigenvalue weighted by Crippen LogP contribution is -2.36. The van der Waals surface area contributed by atoms with Crippen molar-refractivity contribution in [2.75, 3.05) is 21.3 Å². The first-order valence-corrected chi connectivity index (χ1v) is 8.11. The van der Waals surface area contributed by atoms with Crippen LogP contribution >= 0.6 is 24.0 Å². The SMILES string of the molecule is CN=C(NCc1ccc(C(N)=O)cc1)NCc1ccc(OC)cc1OC.I. The number of primary amides is 1. The number of nitrogens with one attached hydrogen (secondary N) is 2. The monoisotopic (exact) mass is 484 g/mol. The number of nitrogens with zero attached hydrogens (tertiary/aromatic N) is 1. The Bertz CT molecular complexity index is 779. The normalized spacial score (nSPS) is 10.6. The van der Waals surface area contributed by atoms with Gasteiger partial charge in [0, 0.05) is 37.3 Å². The third-order valence-corrected chi connectivity index (χ3v) is 3.86. The van der Waals surface area contributed by atoms with Crippen LogP contribution < -0.4 is 25.8 Å². The van der Waals surface area contributed by atoms with Gasteiger partial charge in [-0.2, -0.15) is 0 Å². The van der Waals surface area contributed by atoms with Gasteiger partial charge in [0.15, 0.2) is 5.96 Å². The number of carbonyl (C=O) groups is 1. The maximum atomic E-state index is 11.1. The summed E-state index contributed by atoms with van der Waals surface area (Å²) in [5, 5.41) is 6.46. The molecule has 0 bridgehead atoms. The number of guanidine groups is 1. The lowest BCUT2D eigenvalue weighted by molar-refractivity contribution is 0.100. The van der Waals surface area contributed by atoms with Crippen molar-refractivity contribution < 1.29 is 14.3 Å². The maximum absolute atomic E-state index is 11.1. The lowest BCUT2D eigenvalue weighted by Gasteiger charge is -2.14. The predicted octanol–water partition coefficient (Wildman–Crippen LogP) is 2.29. The van der Waals surface area contributed by atoms with Crippen molar-refractivity contribution in [3.05, 3.63) is 59.2 Å². The quantitative estimate of drug-likeness (QED) is 0.318. The summed E-state index contributed by atoms with van der Waals surface area (Å²) in [6, 6.07) is 12.8. The van der Waals surface area contributed by atoms with Crippen LogP contribution in [0.4, 0.5) is 0 Å². The molecule has 2 aromatic carbocycles. The van der Waals surface area contributed by atoms with Gasteiger partial charge in [-0.1, -0.05) is 12.1 Å². The van der Waals surface area contributed by atoms with Crippen LogP contribution in [0.5, 0.6) is 11.5 Å². The van der Waals surface area contributed by atoms with Crippen LogP contribution in [0.25, 0.3) is 0 Å². The molecule has 2 aromatic rings. The smallest absolute Gasteiger partial charge is 0.248 e. The van der Waals surface area contributed by atoms with E-state index in [1.54, 1.807) is 33.4 Å². The van der Waals surface area contributed by atoms with E-state index in [0.29, 0.717) is 24.6 Å². The molecule has 0 heterocycles. The second-order valence-corrected chi connectivity index (χ2v) is 5.52. The molecule has 0 unspecified atom stereocenters. The second kappa shape index (κ2) is 11.3. The number of aliphatic imine (C=N–C) groups is 1. The fourth-order valence-corrected chi connectivity index (χ4v) is 2.37. The number of benzene rings is 2. The molecular weight excluding hydrogens is 459 g/mol. The van der Waals surface area contributed by atoms with Crippen LogP contribution in [0.2, 0.25) is 0 Å². The summed E-state index contributed by atoms with van der Waals surface area (Å²) < 4.78 is 10.6. The summed E-state index contributed by atoms with van der Waals surface area (Å²) in [7, 11) is 4.95. The Hall–Kier alpha value is -2.49.